The van der Waals surface area contributed by atoms with Crippen LogP contribution in [0, 0.1) is 0 Å². The van der Waals surface area contributed by atoms with E-state index < -0.39 is 0 Å². The molecule has 0 heterocycles. The monoisotopic (exact) mass is 357 g/mol. The first-order chi connectivity index (χ1) is 12.6. The first-order valence-corrected chi connectivity index (χ1v) is 8.72. The third kappa shape index (κ3) is 5.15. The molecule has 0 aliphatic carbocycles. The summed E-state index contributed by atoms with van der Waals surface area (Å²) in [6.45, 7) is 2.50. The van der Waals surface area contributed by atoms with Crippen LogP contribution >= 0.6 is 0 Å². The van der Waals surface area contributed by atoms with Crippen molar-refractivity contribution in [1.82, 2.24) is 4.90 Å². The van der Waals surface area contributed by atoms with Gasteiger partial charge in [0.2, 0.25) is 5.91 Å². The Bertz CT molecular complexity index is 699. The lowest BCUT2D eigenvalue weighted by atomic mass is 10.1. The maximum absolute atomic E-state index is 12.5. The maximum Gasteiger partial charge on any atom is 0.222 e. The molecule has 0 aliphatic heterocycles. The standard InChI is InChI=1S/C21H27NO4/c1-16(19-8-5-6-9-20(19)25-4)22(2)21(23)10-7-15-26-18-13-11-17(24-3)12-14-18/h5-6,8-9,11-14,16H,7,10,15H2,1-4H3. The van der Waals surface area contributed by atoms with Crippen molar-refractivity contribution in [3.63, 3.8) is 0 Å². The summed E-state index contributed by atoms with van der Waals surface area (Å²) in [5.74, 6) is 2.44. The fraction of sp³-hybridized carbons (Fsp3) is 0.381. The van der Waals surface area contributed by atoms with E-state index in [0.717, 1.165) is 22.8 Å². The quantitative estimate of drug-likeness (QED) is 0.635. The van der Waals surface area contributed by atoms with E-state index in [2.05, 4.69) is 0 Å². The largest absolute Gasteiger partial charge is 0.497 e. The summed E-state index contributed by atoms with van der Waals surface area (Å²) in [5, 5.41) is 0. The SMILES string of the molecule is COc1ccc(OCCCC(=O)N(C)C(C)c2ccccc2OC)cc1. The van der Waals surface area contributed by atoms with Crippen LogP contribution in [0.2, 0.25) is 0 Å². The van der Waals surface area contributed by atoms with E-state index in [1.54, 1.807) is 19.1 Å². The predicted molar refractivity (Wildman–Crippen MR) is 102 cm³/mol. The van der Waals surface area contributed by atoms with Gasteiger partial charge in [0.05, 0.1) is 26.9 Å². The van der Waals surface area contributed by atoms with Crippen molar-refractivity contribution in [3.8, 4) is 17.2 Å². The van der Waals surface area contributed by atoms with Crippen LogP contribution in [-0.2, 0) is 4.79 Å². The van der Waals surface area contributed by atoms with Gasteiger partial charge in [-0.3, -0.25) is 4.79 Å². The summed E-state index contributed by atoms with van der Waals surface area (Å²) in [6.07, 6.45) is 1.10. The topological polar surface area (TPSA) is 48.0 Å². The second-order valence-electron chi connectivity index (χ2n) is 6.05. The zero-order valence-electron chi connectivity index (χ0n) is 15.9. The van der Waals surface area contributed by atoms with Crippen molar-refractivity contribution in [2.45, 2.75) is 25.8 Å². The Labute approximate surface area is 155 Å². The summed E-state index contributed by atoms with van der Waals surface area (Å²) < 4.78 is 16.2. The van der Waals surface area contributed by atoms with Crippen LogP contribution in [0.25, 0.3) is 0 Å². The first kappa shape index (κ1) is 19.6. The molecule has 0 spiro atoms. The molecule has 2 aromatic rings. The molecule has 5 heteroatoms. The minimum absolute atomic E-state index is 0.0545. The molecule has 2 aromatic carbocycles. The Morgan fingerprint density at radius 3 is 2.31 bits per heavy atom. The summed E-state index contributed by atoms with van der Waals surface area (Å²) in [5.41, 5.74) is 1.00. The first-order valence-electron chi connectivity index (χ1n) is 8.72. The number of hydrogen-bond acceptors (Lipinski definition) is 4. The van der Waals surface area contributed by atoms with Crippen molar-refractivity contribution in [3.05, 3.63) is 54.1 Å². The molecule has 0 bridgehead atoms. The normalized spacial score (nSPS) is 11.5. The Morgan fingerprint density at radius 1 is 1.00 bits per heavy atom. The highest BCUT2D eigenvalue weighted by Crippen LogP contribution is 2.28. The van der Waals surface area contributed by atoms with E-state index in [0.29, 0.717) is 19.4 Å². The molecule has 0 aliphatic rings. The number of carbonyl (C=O) groups excluding carboxylic acids is 1. The van der Waals surface area contributed by atoms with Gasteiger partial charge in [-0.1, -0.05) is 18.2 Å². The molecule has 0 N–H and O–H groups in total. The summed E-state index contributed by atoms with van der Waals surface area (Å²) in [4.78, 5) is 14.2. The number of benzene rings is 2. The smallest absolute Gasteiger partial charge is 0.222 e. The van der Waals surface area contributed by atoms with E-state index in [1.165, 1.54) is 0 Å². The molecule has 0 saturated carbocycles. The van der Waals surface area contributed by atoms with Gasteiger partial charge < -0.3 is 19.1 Å². The van der Waals surface area contributed by atoms with Crippen molar-refractivity contribution < 1.29 is 19.0 Å². The number of carbonyl (C=O) groups is 1. The van der Waals surface area contributed by atoms with Gasteiger partial charge in [0.15, 0.2) is 0 Å². The number of nitrogens with zero attached hydrogens (tertiary/aromatic N) is 1. The Hall–Kier alpha value is -2.69. The van der Waals surface area contributed by atoms with Gasteiger partial charge in [-0.05, 0) is 43.7 Å². The minimum atomic E-state index is -0.0545. The average Bonchev–Trinajstić information content (AvgIpc) is 2.70. The summed E-state index contributed by atoms with van der Waals surface area (Å²) >= 11 is 0. The molecular weight excluding hydrogens is 330 g/mol. The average molecular weight is 357 g/mol. The molecule has 0 aromatic heterocycles. The third-order valence-electron chi connectivity index (χ3n) is 4.43. The second-order valence-corrected chi connectivity index (χ2v) is 6.05. The lowest BCUT2D eigenvalue weighted by Crippen LogP contribution is -2.30. The molecule has 2 rings (SSSR count). The number of rotatable bonds is 9. The Kier molecular flexibility index (Phi) is 7.33. The van der Waals surface area contributed by atoms with Crippen LogP contribution in [0.15, 0.2) is 48.5 Å². The Balaban J connectivity index is 1.81. The number of ether oxygens (including phenoxy) is 3. The van der Waals surface area contributed by atoms with Crippen LogP contribution in [0.5, 0.6) is 17.2 Å². The molecule has 1 atom stereocenters. The van der Waals surface area contributed by atoms with Crippen molar-refractivity contribution in [2.24, 2.45) is 0 Å². The molecule has 26 heavy (non-hydrogen) atoms. The molecule has 0 fully saturated rings. The van der Waals surface area contributed by atoms with Crippen molar-refractivity contribution >= 4 is 5.91 Å². The highest BCUT2D eigenvalue weighted by molar-refractivity contribution is 5.76. The van der Waals surface area contributed by atoms with E-state index in [9.17, 15) is 4.79 Å². The zero-order valence-corrected chi connectivity index (χ0v) is 15.9. The number of hydrogen-bond donors (Lipinski definition) is 0. The van der Waals surface area contributed by atoms with Gasteiger partial charge in [-0.15, -0.1) is 0 Å². The lowest BCUT2D eigenvalue weighted by Gasteiger charge is -2.26. The second kappa shape index (κ2) is 9.70. The van der Waals surface area contributed by atoms with Crippen LogP contribution in [0.4, 0.5) is 0 Å². The molecule has 0 radical (unpaired) electrons. The zero-order chi connectivity index (χ0) is 18.9. The minimum Gasteiger partial charge on any atom is -0.497 e. The third-order valence-corrected chi connectivity index (χ3v) is 4.43. The molecule has 5 nitrogen and oxygen atoms in total. The fourth-order valence-electron chi connectivity index (χ4n) is 2.70. The maximum atomic E-state index is 12.5. The van der Waals surface area contributed by atoms with Crippen LogP contribution in [-0.4, -0.2) is 38.7 Å². The van der Waals surface area contributed by atoms with E-state index in [4.69, 9.17) is 14.2 Å². The van der Waals surface area contributed by atoms with Gasteiger partial charge in [0.1, 0.15) is 17.2 Å². The fourth-order valence-corrected chi connectivity index (χ4v) is 2.70. The highest BCUT2D eigenvalue weighted by atomic mass is 16.5. The van der Waals surface area contributed by atoms with Gasteiger partial charge in [-0.2, -0.15) is 0 Å². The summed E-state index contributed by atoms with van der Waals surface area (Å²) in [6, 6.07) is 15.1. The van der Waals surface area contributed by atoms with Gasteiger partial charge in [0, 0.05) is 19.0 Å². The van der Waals surface area contributed by atoms with Gasteiger partial charge in [0.25, 0.3) is 0 Å². The lowest BCUT2D eigenvalue weighted by molar-refractivity contribution is -0.132. The van der Waals surface area contributed by atoms with Crippen molar-refractivity contribution in [1.29, 1.82) is 0 Å². The highest BCUT2D eigenvalue weighted by Gasteiger charge is 2.19. The number of methoxy groups -OCH3 is 2. The van der Waals surface area contributed by atoms with E-state index in [1.807, 2.05) is 62.5 Å². The van der Waals surface area contributed by atoms with Crippen LogP contribution in [0.1, 0.15) is 31.4 Å². The van der Waals surface area contributed by atoms with Crippen molar-refractivity contribution in [2.75, 3.05) is 27.9 Å². The van der Waals surface area contributed by atoms with Gasteiger partial charge >= 0.3 is 0 Å². The Morgan fingerprint density at radius 2 is 1.65 bits per heavy atom. The number of amides is 1. The molecular formula is C21H27NO4. The van der Waals surface area contributed by atoms with Crippen LogP contribution in [0.3, 0.4) is 0 Å². The molecule has 1 unspecified atom stereocenters. The van der Waals surface area contributed by atoms with E-state index >= 15 is 0 Å². The predicted octanol–water partition coefficient (Wildman–Crippen LogP) is 4.08. The van der Waals surface area contributed by atoms with Gasteiger partial charge in [-0.25, -0.2) is 0 Å². The molecule has 140 valence electrons. The summed E-state index contributed by atoms with van der Waals surface area (Å²) in [7, 11) is 5.09. The molecule has 0 saturated heterocycles. The number of para-hydroxylation sites is 1. The van der Waals surface area contributed by atoms with Crippen LogP contribution < -0.4 is 14.2 Å². The molecule has 1 amide bonds. The van der Waals surface area contributed by atoms with E-state index in [-0.39, 0.29) is 11.9 Å².